The molecule has 1 heterocycles. The number of alkyl carbamates (subject to hydrolysis) is 2. The Kier molecular flexibility index (Phi) is 21.5. The van der Waals surface area contributed by atoms with E-state index in [-0.39, 0.29) is 44.8 Å². The average molecular weight is 896 g/mol. The number of nitrogens with one attached hydrogen (secondary N) is 3. The molecule has 5 amide bonds. The first-order valence-electron chi connectivity index (χ1n) is 20.8. The topological polar surface area (TPSA) is 220 Å². The molecule has 1 aromatic rings. The van der Waals surface area contributed by atoms with E-state index < -0.39 is 58.5 Å². The van der Waals surface area contributed by atoms with Crippen LogP contribution in [0.25, 0.3) is 0 Å². The summed E-state index contributed by atoms with van der Waals surface area (Å²) >= 11 is 1.44. The highest BCUT2D eigenvalue weighted by molar-refractivity contribution is 7.10. The molecule has 0 saturated carbocycles. The Balaban J connectivity index is 3.34. The van der Waals surface area contributed by atoms with Crippen LogP contribution in [-0.4, -0.2) is 112 Å². The largest absolute Gasteiger partial charge is 0.444 e. The number of nitrogens with zero attached hydrogens (tertiary/aromatic N) is 4. The molecule has 0 aromatic carbocycles. The number of carbonyl (C=O) groups is 5. The Morgan fingerprint density at radius 2 is 1.10 bits per heavy atom. The van der Waals surface area contributed by atoms with Crippen molar-refractivity contribution < 1.29 is 52.4 Å². The second-order valence-electron chi connectivity index (χ2n) is 19.4. The fourth-order valence-electron chi connectivity index (χ4n) is 4.81. The summed E-state index contributed by atoms with van der Waals surface area (Å²) in [5.74, 6) is -0.460. The van der Waals surface area contributed by atoms with Gasteiger partial charge in [0.15, 0.2) is 0 Å². The maximum absolute atomic E-state index is 14.0. The molecule has 3 N–H and O–H groups in total. The minimum Gasteiger partial charge on any atom is -0.444 e. The van der Waals surface area contributed by atoms with Gasteiger partial charge >= 0.3 is 30.5 Å². The third-order valence-corrected chi connectivity index (χ3v) is 8.04. The molecular weight excluding hydrogens is 823 g/mol. The zero-order valence-corrected chi connectivity index (χ0v) is 40.7. The summed E-state index contributed by atoms with van der Waals surface area (Å²) in [6.07, 6.45) is -1.37. The van der Waals surface area contributed by atoms with E-state index in [0.29, 0.717) is 37.8 Å². The maximum atomic E-state index is 14.0. The Morgan fingerprint density at radius 1 is 0.645 bits per heavy atom. The predicted octanol–water partition coefficient (Wildman–Crippen LogP) is 9.77. The Labute approximate surface area is 372 Å². The van der Waals surface area contributed by atoms with Crippen molar-refractivity contribution in [2.24, 2.45) is 9.98 Å². The van der Waals surface area contributed by atoms with Crippen LogP contribution in [0, 0.1) is 5.41 Å². The molecule has 0 radical (unpaired) electrons. The minimum absolute atomic E-state index is 0.000432. The fraction of sp³-hybridized carbons (Fsp3) is 0.721. The van der Waals surface area contributed by atoms with Crippen LogP contribution in [0.3, 0.4) is 0 Å². The van der Waals surface area contributed by atoms with Gasteiger partial charge < -0.3 is 33.8 Å². The van der Waals surface area contributed by atoms with E-state index in [1.54, 1.807) is 111 Å². The van der Waals surface area contributed by atoms with Crippen LogP contribution < -0.4 is 10.6 Å². The van der Waals surface area contributed by atoms with Crippen molar-refractivity contribution in [1.29, 1.82) is 5.41 Å². The highest BCUT2D eigenvalue weighted by atomic mass is 32.1. The van der Waals surface area contributed by atoms with Crippen molar-refractivity contribution in [3.8, 4) is 0 Å². The standard InChI is InChI=1S/C43H73N7O11S/c1-29(44)30-26-31(62-28-30)27-56-25-24-50(38(55)61-43(14,15)16)33(48-36(53)59-41(8,9)10)49(37(54)60-42(11,12)13)23-21-19-17-18-20-22-45-32(46-34(51)57-39(2,3)4)47-35(52)58-40(5,6)7/h26,28,44H,17-25,27H2,1-16H3,(H2,45,46,47,51,52). The number of aliphatic imine (C=N–C) groups is 2. The molecule has 352 valence electrons. The molecule has 62 heavy (non-hydrogen) atoms. The highest BCUT2D eigenvalue weighted by Gasteiger charge is 2.35. The van der Waals surface area contributed by atoms with E-state index in [1.165, 1.54) is 11.3 Å². The van der Waals surface area contributed by atoms with Crippen LogP contribution in [0.1, 0.15) is 153 Å². The van der Waals surface area contributed by atoms with Gasteiger partial charge in [0.25, 0.3) is 0 Å². The maximum Gasteiger partial charge on any atom is 0.437 e. The lowest BCUT2D eigenvalue weighted by molar-refractivity contribution is 0.0224. The van der Waals surface area contributed by atoms with Crippen LogP contribution in [0.4, 0.5) is 24.0 Å². The van der Waals surface area contributed by atoms with Crippen molar-refractivity contribution in [3.63, 3.8) is 0 Å². The number of carbonyl (C=O) groups excluding carboxylic acids is 5. The molecule has 0 fully saturated rings. The zero-order valence-electron chi connectivity index (χ0n) is 39.9. The molecule has 0 aliphatic heterocycles. The van der Waals surface area contributed by atoms with Gasteiger partial charge in [0.1, 0.15) is 28.0 Å². The quantitative estimate of drug-likeness (QED) is 0.0690. The normalized spacial score (nSPS) is 12.4. The predicted molar refractivity (Wildman–Crippen MR) is 240 cm³/mol. The molecule has 1 aromatic heterocycles. The summed E-state index contributed by atoms with van der Waals surface area (Å²) in [6.45, 7) is 27.4. The summed E-state index contributed by atoms with van der Waals surface area (Å²) in [4.78, 5) is 77.8. The summed E-state index contributed by atoms with van der Waals surface area (Å²) in [6, 6.07) is 1.86. The molecule has 0 bridgehead atoms. The van der Waals surface area contributed by atoms with E-state index in [0.717, 1.165) is 20.2 Å². The van der Waals surface area contributed by atoms with Crippen molar-refractivity contribution >= 4 is 59.4 Å². The Bertz CT molecular complexity index is 1690. The van der Waals surface area contributed by atoms with Crippen LogP contribution in [0.2, 0.25) is 0 Å². The lowest BCUT2D eigenvalue weighted by Gasteiger charge is -2.34. The van der Waals surface area contributed by atoms with Crippen molar-refractivity contribution in [1.82, 2.24) is 20.4 Å². The number of unbranched alkanes of at least 4 members (excludes halogenated alkanes) is 4. The number of ether oxygens (including phenoxy) is 6. The van der Waals surface area contributed by atoms with Crippen LogP contribution in [0.5, 0.6) is 0 Å². The lowest BCUT2D eigenvalue weighted by Crippen LogP contribution is -2.53. The number of rotatable bonds is 14. The van der Waals surface area contributed by atoms with E-state index in [4.69, 9.17) is 33.8 Å². The molecular formula is C43H73N7O11S. The Morgan fingerprint density at radius 3 is 1.55 bits per heavy atom. The third kappa shape index (κ3) is 25.9. The first kappa shape index (κ1) is 55.2. The van der Waals surface area contributed by atoms with Gasteiger partial charge in [-0.1, -0.05) is 19.3 Å². The highest BCUT2D eigenvalue weighted by Crippen LogP contribution is 2.20. The SMILES string of the molecule is CC(=N)c1csc(COCCN(C(=O)OC(C)(C)C)C(=NC(=O)OC(C)(C)C)N(CCCCCCCN=C(NC(=O)OC(C)(C)C)NC(=O)OC(C)(C)C)C(=O)OC(C)(C)C)c1. The van der Waals surface area contributed by atoms with E-state index in [9.17, 15) is 24.0 Å². The monoisotopic (exact) mass is 896 g/mol. The number of hydrogen-bond acceptors (Lipinski definition) is 14. The molecule has 0 spiro atoms. The minimum atomic E-state index is -1.04. The number of hydrogen-bond donors (Lipinski definition) is 3. The molecule has 0 atom stereocenters. The van der Waals surface area contributed by atoms with Gasteiger partial charge in [-0.15, -0.1) is 16.3 Å². The van der Waals surface area contributed by atoms with E-state index in [2.05, 4.69) is 20.6 Å². The first-order chi connectivity index (χ1) is 28.2. The van der Waals surface area contributed by atoms with Gasteiger partial charge in [-0.25, -0.2) is 33.8 Å². The van der Waals surface area contributed by atoms with Gasteiger partial charge in [-0.3, -0.25) is 15.6 Å². The lowest BCUT2D eigenvalue weighted by atomic mass is 10.1. The number of guanidine groups is 2. The third-order valence-electron chi connectivity index (χ3n) is 7.13. The second kappa shape index (κ2) is 24.2. The smallest absolute Gasteiger partial charge is 0.437 e. The first-order valence-corrected chi connectivity index (χ1v) is 21.7. The van der Waals surface area contributed by atoms with E-state index in [1.807, 2.05) is 11.4 Å². The van der Waals surface area contributed by atoms with Gasteiger partial charge in [0, 0.05) is 34.6 Å². The summed E-state index contributed by atoms with van der Waals surface area (Å²) in [5.41, 5.74) is -3.19. The van der Waals surface area contributed by atoms with Gasteiger partial charge in [-0.05, 0) is 130 Å². The van der Waals surface area contributed by atoms with Gasteiger partial charge in [0.05, 0.1) is 19.8 Å². The summed E-state index contributed by atoms with van der Waals surface area (Å²) < 4.78 is 33.6. The summed E-state index contributed by atoms with van der Waals surface area (Å²) in [5, 5.41) is 14.7. The zero-order chi connectivity index (χ0) is 47.7. The second-order valence-corrected chi connectivity index (χ2v) is 20.4. The molecule has 18 nitrogen and oxygen atoms in total. The molecule has 0 saturated heterocycles. The van der Waals surface area contributed by atoms with Gasteiger partial charge in [-0.2, -0.15) is 0 Å². The summed E-state index contributed by atoms with van der Waals surface area (Å²) in [7, 11) is 0. The van der Waals surface area contributed by atoms with Crippen LogP contribution in [0.15, 0.2) is 21.4 Å². The average Bonchev–Trinajstić information content (AvgIpc) is 3.52. The van der Waals surface area contributed by atoms with Crippen molar-refractivity contribution in [2.75, 3.05) is 26.2 Å². The molecule has 0 unspecified atom stereocenters. The fourth-order valence-corrected chi connectivity index (χ4v) is 5.68. The van der Waals surface area contributed by atoms with Crippen molar-refractivity contribution in [2.45, 2.75) is 177 Å². The number of amides is 5. The van der Waals surface area contributed by atoms with Crippen LogP contribution >= 0.6 is 11.3 Å². The van der Waals surface area contributed by atoms with E-state index >= 15 is 0 Å². The molecule has 0 aliphatic carbocycles. The molecule has 0 aliphatic rings. The Hall–Kier alpha value is -4.78. The molecule has 1 rings (SSSR count). The van der Waals surface area contributed by atoms with Gasteiger partial charge in [0.2, 0.25) is 11.9 Å². The number of thiophene rings is 1. The molecule has 19 heteroatoms. The van der Waals surface area contributed by atoms with Crippen LogP contribution in [-0.2, 0) is 35.0 Å². The van der Waals surface area contributed by atoms with Crippen molar-refractivity contribution in [3.05, 3.63) is 21.9 Å².